The van der Waals surface area contributed by atoms with Gasteiger partial charge in [0.1, 0.15) is 0 Å². The standard InChI is InChI=1S/C7H16S2.C6H14S/c1-7(2,3)5-9-6-8-4;1-6(2,3)5-7-4/h5-6H2,1-4H3;5H2,1-4H3. The lowest BCUT2D eigenvalue weighted by Crippen LogP contribution is -2.08. The topological polar surface area (TPSA) is 0 Å². The Balaban J connectivity index is 0. The van der Waals surface area contributed by atoms with Gasteiger partial charge in [0, 0.05) is 5.08 Å². The largest absolute Gasteiger partial charge is 0.165 e. The minimum atomic E-state index is 0.500. The molecule has 0 atom stereocenters. The van der Waals surface area contributed by atoms with Crippen molar-refractivity contribution in [3.63, 3.8) is 0 Å². The number of hydrogen-bond acceptors (Lipinski definition) is 3. The van der Waals surface area contributed by atoms with Gasteiger partial charge < -0.3 is 0 Å². The van der Waals surface area contributed by atoms with Crippen molar-refractivity contribution in [2.24, 2.45) is 10.8 Å². The second-order valence-corrected chi connectivity index (χ2v) is 9.39. The van der Waals surface area contributed by atoms with Gasteiger partial charge in [-0.15, -0.1) is 0 Å². The molecule has 0 aromatic rings. The van der Waals surface area contributed by atoms with E-state index in [9.17, 15) is 0 Å². The first-order valence-corrected chi connectivity index (χ1v) is 9.62. The Hall–Kier alpha value is 1.05. The molecule has 0 aliphatic carbocycles. The summed E-state index contributed by atoms with van der Waals surface area (Å²) < 4.78 is 0. The van der Waals surface area contributed by atoms with Crippen LogP contribution in [0.25, 0.3) is 0 Å². The van der Waals surface area contributed by atoms with Crippen molar-refractivity contribution in [3.05, 3.63) is 0 Å². The predicted molar refractivity (Wildman–Crippen MR) is 88.1 cm³/mol. The SMILES string of the molecule is CSCC(C)(C)C.CSCSCC(C)(C)C. The molecule has 0 aliphatic rings. The van der Waals surface area contributed by atoms with E-state index in [-0.39, 0.29) is 0 Å². The number of hydrogen-bond donors (Lipinski definition) is 0. The molecule has 0 heterocycles. The van der Waals surface area contributed by atoms with E-state index in [1.54, 1.807) is 0 Å². The zero-order valence-corrected chi connectivity index (χ0v) is 14.8. The van der Waals surface area contributed by atoms with Crippen molar-refractivity contribution in [1.29, 1.82) is 0 Å². The Morgan fingerprint density at radius 2 is 1.12 bits per heavy atom. The summed E-state index contributed by atoms with van der Waals surface area (Å²) >= 11 is 5.84. The zero-order chi connectivity index (χ0) is 13.2. The zero-order valence-electron chi connectivity index (χ0n) is 12.3. The molecular weight excluding hydrogens is 252 g/mol. The molecule has 0 aromatic heterocycles. The Bertz CT molecular complexity index is 142. The van der Waals surface area contributed by atoms with Crippen molar-refractivity contribution in [2.75, 3.05) is 29.1 Å². The quantitative estimate of drug-likeness (QED) is 0.495. The minimum Gasteiger partial charge on any atom is -0.165 e. The van der Waals surface area contributed by atoms with E-state index in [0.717, 1.165) is 0 Å². The summed E-state index contributed by atoms with van der Waals surface area (Å²) in [5.41, 5.74) is 1.01. The molecule has 0 fully saturated rings. The van der Waals surface area contributed by atoms with E-state index in [1.807, 2.05) is 35.3 Å². The van der Waals surface area contributed by atoms with E-state index in [1.165, 1.54) is 16.6 Å². The van der Waals surface area contributed by atoms with Crippen LogP contribution in [0.4, 0.5) is 0 Å². The van der Waals surface area contributed by atoms with Crippen molar-refractivity contribution < 1.29 is 0 Å². The lowest BCUT2D eigenvalue weighted by Gasteiger charge is -2.16. The van der Waals surface area contributed by atoms with Gasteiger partial charge in [0.15, 0.2) is 0 Å². The summed E-state index contributed by atoms with van der Waals surface area (Å²) in [5.74, 6) is 2.53. The summed E-state index contributed by atoms with van der Waals surface area (Å²) in [6.07, 6.45) is 4.29. The van der Waals surface area contributed by atoms with Crippen LogP contribution in [0.3, 0.4) is 0 Å². The maximum Gasteiger partial charge on any atom is 0.0389 e. The fourth-order valence-corrected chi connectivity index (χ4v) is 3.34. The summed E-state index contributed by atoms with van der Waals surface area (Å²) in [4.78, 5) is 0. The number of thioether (sulfide) groups is 3. The first-order valence-electron chi connectivity index (χ1n) is 5.68. The number of rotatable bonds is 4. The second kappa shape index (κ2) is 10.0. The van der Waals surface area contributed by atoms with E-state index in [2.05, 4.69) is 54.1 Å². The van der Waals surface area contributed by atoms with Crippen LogP contribution >= 0.6 is 35.3 Å². The average Bonchev–Trinajstić information content (AvgIpc) is 2.01. The van der Waals surface area contributed by atoms with E-state index >= 15 is 0 Å². The highest BCUT2D eigenvalue weighted by molar-refractivity contribution is 8.15. The first-order chi connectivity index (χ1) is 7.12. The van der Waals surface area contributed by atoms with Crippen LogP contribution in [0, 0.1) is 10.8 Å². The second-order valence-electron chi connectivity index (χ2n) is 6.31. The summed E-state index contributed by atoms with van der Waals surface area (Å²) in [7, 11) is 0. The van der Waals surface area contributed by atoms with Gasteiger partial charge in [-0.2, -0.15) is 35.3 Å². The summed E-state index contributed by atoms with van der Waals surface area (Å²) in [6, 6.07) is 0. The highest BCUT2D eigenvalue weighted by atomic mass is 32.2. The highest BCUT2D eigenvalue weighted by Gasteiger charge is 2.08. The van der Waals surface area contributed by atoms with Gasteiger partial charge in [0.2, 0.25) is 0 Å². The fourth-order valence-electron chi connectivity index (χ4n) is 0.864. The molecule has 0 rings (SSSR count). The summed E-state index contributed by atoms with van der Waals surface area (Å²) in [6.45, 7) is 13.6. The van der Waals surface area contributed by atoms with Crippen LogP contribution in [-0.2, 0) is 0 Å². The monoisotopic (exact) mass is 282 g/mol. The van der Waals surface area contributed by atoms with Crippen molar-refractivity contribution in [3.8, 4) is 0 Å². The Morgan fingerprint density at radius 1 is 0.688 bits per heavy atom. The Labute approximate surface area is 116 Å². The van der Waals surface area contributed by atoms with Crippen LogP contribution in [0.2, 0.25) is 0 Å². The van der Waals surface area contributed by atoms with E-state index < -0.39 is 0 Å². The lowest BCUT2D eigenvalue weighted by molar-refractivity contribution is 0.481. The molecule has 100 valence electrons. The van der Waals surface area contributed by atoms with Crippen molar-refractivity contribution >= 4 is 35.3 Å². The summed E-state index contributed by atoms with van der Waals surface area (Å²) in [5, 5.41) is 1.23. The van der Waals surface area contributed by atoms with Crippen LogP contribution in [0.1, 0.15) is 41.5 Å². The third-order valence-electron chi connectivity index (χ3n) is 1.31. The molecule has 0 radical (unpaired) electrons. The lowest BCUT2D eigenvalue weighted by atomic mass is 10.0. The van der Waals surface area contributed by atoms with Gasteiger partial charge in [-0.1, -0.05) is 41.5 Å². The molecule has 0 N–H and O–H groups in total. The Kier molecular flexibility index (Phi) is 12.1. The van der Waals surface area contributed by atoms with Gasteiger partial charge in [-0.3, -0.25) is 0 Å². The minimum absolute atomic E-state index is 0.500. The molecule has 0 aliphatic heterocycles. The van der Waals surface area contributed by atoms with Gasteiger partial charge in [0.25, 0.3) is 0 Å². The third kappa shape index (κ3) is 24.3. The van der Waals surface area contributed by atoms with Crippen LogP contribution in [0.15, 0.2) is 0 Å². The highest BCUT2D eigenvalue weighted by Crippen LogP contribution is 2.22. The van der Waals surface area contributed by atoms with Gasteiger partial charge in [-0.25, -0.2) is 0 Å². The van der Waals surface area contributed by atoms with E-state index in [4.69, 9.17) is 0 Å². The molecule has 0 saturated carbocycles. The van der Waals surface area contributed by atoms with Crippen LogP contribution in [0.5, 0.6) is 0 Å². The van der Waals surface area contributed by atoms with E-state index in [0.29, 0.717) is 10.8 Å². The van der Waals surface area contributed by atoms with Crippen LogP contribution in [-0.4, -0.2) is 29.1 Å². The van der Waals surface area contributed by atoms with Gasteiger partial charge >= 0.3 is 0 Å². The molecule has 0 nitrogen and oxygen atoms in total. The molecule has 0 unspecified atom stereocenters. The molecular formula is C13H30S3. The smallest absolute Gasteiger partial charge is 0.0389 e. The molecule has 3 heteroatoms. The maximum absolute atomic E-state index is 2.28. The molecule has 16 heavy (non-hydrogen) atoms. The van der Waals surface area contributed by atoms with Crippen molar-refractivity contribution in [1.82, 2.24) is 0 Å². The predicted octanol–water partition coefficient (Wildman–Crippen LogP) is 5.48. The fraction of sp³-hybridized carbons (Fsp3) is 1.00. The third-order valence-corrected chi connectivity index (χ3v) is 5.15. The molecule has 0 amide bonds. The molecule has 0 aromatic carbocycles. The average molecular weight is 283 g/mol. The maximum atomic E-state index is 2.28. The normalized spacial score (nSPS) is 12.0. The van der Waals surface area contributed by atoms with Gasteiger partial charge in [0.05, 0.1) is 0 Å². The van der Waals surface area contributed by atoms with Crippen molar-refractivity contribution in [2.45, 2.75) is 41.5 Å². The molecule has 0 saturated heterocycles. The molecule has 0 bridgehead atoms. The Morgan fingerprint density at radius 3 is 1.31 bits per heavy atom. The molecule has 0 spiro atoms. The van der Waals surface area contributed by atoms with Crippen LogP contribution < -0.4 is 0 Å². The first kappa shape index (κ1) is 19.4. The van der Waals surface area contributed by atoms with Gasteiger partial charge in [-0.05, 0) is 34.8 Å².